The lowest BCUT2D eigenvalue weighted by molar-refractivity contribution is 0.461. The SMILES string of the molecule is CS(=O)(=O)NC1CCN(c2c(S(=O)(=O)c3ccc(Cl)cc3)sc3ncccc23)CC1. The van der Waals surface area contributed by atoms with Crippen LogP contribution >= 0.6 is 22.9 Å². The van der Waals surface area contributed by atoms with Gasteiger partial charge in [0.25, 0.3) is 0 Å². The molecule has 4 rings (SSSR count). The fourth-order valence-corrected chi connectivity index (χ4v) is 7.66. The Labute approximate surface area is 184 Å². The monoisotopic (exact) mass is 485 g/mol. The first-order valence-electron chi connectivity index (χ1n) is 9.25. The maximum absolute atomic E-state index is 13.5. The maximum Gasteiger partial charge on any atom is 0.218 e. The molecular formula is C19H20ClN3O4S3. The van der Waals surface area contributed by atoms with Crippen LogP contribution in [0, 0.1) is 0 Å². The van der Waals surface area contributed by atoms with Crippen molar-refractivity contribution >= 4 is 58.7 Å². The molecule has 1 fully saturated rings. The molecule has 3 aromatic rings. The van der Waals surface area contributed by atoms with Gasteiger partial charge in [-0.25, -0.2) is 26.5 Å². The Hall–Kier alpha value is -1.72. The zero-order valence-electron chi connectivity index (χ0n) is 16.1. The van der Waals surface area contributed by atoms with Crippen molar-refractivity contribution in [2.75, 3.05) is 24.2 Å². The molecule has 11 heteroatoms. The molecule has 30 heavy (non-hydrogen) atoms. The fourth-order valence-electron chi connectivity index (χ4n) is 3.62. The van der Waals surface area contributed by atoms with Crippen LogP contribution in [0.4, 0.5) is 5.69 Å². The first kappa shape index (κ1) is 21.5. The van der Waals surface area contributed by atoms with E-state index in [9.17, 15) is 16.8 Å². The molecule has 0 saturated carbocycles. The van der Waals surface area contributed by atoms with Crippen molar-refractivity contribution in [1.29, 1.82) is 0 Å². The molecule has 0 aliphatic carbocycles. The third kappa shape index (κ3) is 4.33. The minimum absolute atomic E-state index is 0.157. The predicted octanol–water partition coefficient (Wildman–Crippen LogP) is 3.30. The van der Waals surface area contributed by atoms with Crippen LogP contribution < -0.4 is 9.62 Å². The molecule has 1 aromatic carbocycles. The van der Waals surface area contributed by atoms with Crippen molar-refractivity contribution in [2.45, 2.75) is 28.0 Å². The Morgan fingerprint density at radius 1 is 1.10 bits per heavy atom. The van der Waals surface area contributed by atoms with E-state index in [1.54, 1.807) is 24.4 Å². The van der Waals surface area contributed by atoms with Crippen molar-refractivity contribution in [3.8, 4) is 0 Å². The van der Waals surface area contributed by atoms with E-state index in [1.165, 1.54) is 12.1 Å². The maximum atomic E-state index is 13.5. The number of thiophene rings is 1. The number of sulfone groups is 1. The van der Waals surface area contributed by atoms with E-state index in [2.05, 4.69) is 9.71 Å². The molecule has 2 aromatic heterocycles. The molecule has 0 radical (unpaired) electrons. The lowest BCUT2D eigenvalue weighted by Gasteiger charge is -2.33. The number of piperidine rings is 1. The molecule has 0 spiro atoms. The third-order valence-electron chi connectivity index (χ3n) is 4.97. The minimum atomic E-state index is -3.77. The topological polar surface area (TPSA) is 96.4 Å². The van der Waals surface area contributed by atoms with Crippen LogP contribution in [0.5, 0.6) is 0 Å². The first-order valence-corrected chi connectivity index (χ1v) is 13.8. The number of pyridine rings is 1. The van der Waals surface area contributed by atoms with Crippen LogP contribution in [0.15, 0.2) is 51.7 Å². The molecule has 0 amide bonds. The van der Waals surface area contributed by atoms with E-state index in [1.807, 2.05) is 11.0 Å². The number of nitrogens with zero attached hydrogens (tertiary/aromatic N) is 2. The molecule has 1 saturated heterocycles. The van der Waals surface area contributed by atoms with Crippen LogP contribution in [0.25, 0.3) is 10.2 Å². The van der Waals surface area contributed by atoms with Crippen LogP contribution in [0.3, 0.4) is 0 Å². The van der Waals surface area contributed by atoms with Gasteiger partial charge < -0.3 is 4.90 Å². The smallest absolute Gasteiger partial charge is 0.218 e. The molecule has 0 atom stereocenters. The highest BCUT2D eigenvalue weighted by atomic mass is 35.5. The predicted molar refractivity (Wildman–Crippen MR) is 120 cm³/mol. The Kier molecular flexibility index (Phi) is 5.80. The molecule has 3 heterocycles. The highest BCUT2D eigenvalue weighted by Crippen LogP contribution is 2.43. The van der Waals surface area contributed by atoms with Crippen molar-refractivity contribution < 1.29 is 16.8 Å². The summed E-state index contributed by atoms with van der Waals surface area (Å²) in [4.78, 5) is 7.20. The Balaban J connectivity index is 1.74. The number of hydrogen-bond donors (Lipinski definition) is 1. The summed E-state index contributed by atoms with van der Waals surface area (Å²) in [7, 11) is -7.06. The zero-order valence-corrected chi connectivity index (χ0v) is 19.3. The largest absolute Gasteiger partial charge is 0.369 e. The summed E-state index contributed by atoms with van der Waals surface area (Å²) in [6.07, 6.45) is 3.97. The number of rotatable bonds is 5. The van der Waals surface area contributed by atoms with Gasteiger partial charge in [0, 0.05) is 35.7 Å². The number of benzene rings is 1. The normalized spacial score (nSPS) is 16.3. The molecule has 0 unspecified atom stereocenters. The Bertz CT molecular complexity index is 1280. The average molecular weight is 486 g/mol. The summed E-state index contributed by atoms with van der Waals surface area (Å²) in [5.74, 6) is 0. The van der Waals surface area contributed by atoms with Crippen LogP contribution in [0.1, 0.15) is 12.8 Å². The van der Waals surface area contributed by atoms with Gasteiger partial charge in [0.1, 0.15) is 4.83 Å². The van der Waals surface area contributed by atoms with Crippen LogP contribution in [0.2, 0.25) is 5.02 Å². The standard InChI is InChI=1S/C19H20ClN3O4S3/c1-29(24,25)22-14-8-11-23(12-9-14)17-16-3-2-10-21-18(16)28-19(17)30(26,27)15-6-4-13(20)5-7-15/h2-7,10,14,22H,8-9,11-12H2,1H3. The van der Waals surface area contributed by atoms with E-state index in [0.717, 1.165) is 23.0 Å². The number of aromatic nitrogens is 1. The van der Waals surface area contributed by atoms with E-state index >= 15 is 0 Å². The van der Waals surface area contributed by atoms with E-state index < -0.39 is 19.9 Å². The highest BCUT2D eigenvalue weighted by Gasteiger charge is 2.31. The summed E-state index contributed by atoms with van der Waals surface area (Å²) in [6.45, 7) is 1.08. The van der Waals surface area contributed by atoms with Gasteiger partial charge in [0.05, 0.1) is 16.8 Å². The third-order valence-corrected chi connectivity index (χ3v) is 9.36. The summed E-state index contributed by atoms with van der Waals surface area (Å²) in [5.41, 5.74) is 0.635. The minimum Gasteiger partial charge on any atom is -0.369 e. The fraction of sp³-hybridized carbons (Fsp3) is 0.316. The van der Waals surface area contributed by atoms with Gasteiger partial charge in [0.2, 0.25) is 19.9 Å². The molecule has 1 N–H and O–H groups in total. The quantitative estimate of drug-likeness (QED) is 0.595. The van der Waals surface area contributed by atoms with Crippen LogP contribution in [-0.4, -0.2) is 47.2 Å². The van der Waals surface area contributed by atoms with E-state index in [4.69, 9.17) is 11.6 Å². The van der Waals surface area contributed by atoms with Gasteiger partial charge in [-0.3, -0.25) is 0 Å². The van der Waals surface area contributed by atoms with Crippen molar-refractivity contribution in [3.63, 3.8) is 0 Å². The summed E-state index contributed by atoms with van der Waals surface area (Å²) >= 11 is 7.07. The molecule has 0 bridgehead atoms. The van der Waals surface area contributed by atoms with Gasteiger partial charge in [-0.05, 0) is 49.2 Å². The number of fused-ring (bicyclic) bond motifs is 1. The number of sulfonamides is 1. The van der Waals surface area contributed by atoms with Crippen molar-refractivity contribution in [1.82, 2.24) is 9.71 Å². The summed E-state index contributed by atoms with van der Waals surface area (Å²) in [5, 5.41) is 1.25. The van der Waals surface area contributed by atoms with Gasteiger partial charge in [0.15, 0.2) is 4.21 Å². The highest BCUT2D eigenvalue weighted by molar-refractivity contribution is 7.93. The second-order valence-electron chi connectivity index (χ2n) is 7.20. The van der Waals surface area contributed by atoms with Crippen LogP contribution in [-0.2, 0) is 19.9 Å². The molecule has 7 nitrogen and oxygen atoms in total. The average Bonchev–Trinajstić information content (AvgIpc) is 3.08. The number of halogens is 1. The van der Waals surface area contributed by atoms with E-state index in [-0.39, 0.29) is 15.1 Å². The molecule has 160 valence electrons. The molecule has 1 aliphatic rings. The first-order chi connectivity index (χ1) is 14.1. The van der Waals surface area contributed by atoms with Gasteiger partial charge >= 0.3 is 0 Å². The van der Waals surface area contributed by atoms with Crippen molar-refractivity contribution in [2.24, 2.45) is 0 Å². The summed E-state index contributed by atoms with van der Waals surface area (Å²) < 4.78 is 52.9. The zero-order chi connectivity index (χ0) is 21.5. The lowest BCUT2D eigenvalue weighted by Crippen LogP contribution is -2.44. The van der Waals surface area contributed by atoms with Gasteiger partial charge in [-0.2, -0.15) is 0 Å². The molecule has 1 aliphatic heterocycles. The second kappa shape index (κ2) is 8.08. The van der Waals surface area contributed by atoms with E-state index in [0.29, 0.717) is 41.5 Å². The van der Waals surface area contributed by atoms with Gasteiger partial charge in [-0.15, -0.1) is 11.3 Å². The lowest BCUT2D eigenvalue weighted by atomic mass is 10.1. The number of anilines is 1. The number of nitrogens with one attached hydrogen (secondary N) is 1. The Morgan fingerprint density at radius 3 is 2.40 bits per heavy atom. The Morgan fingerprint density at radius 2 is 1.77 bits per heavy atom. The summed E-state index contributed by atoms with van der Waals surface area (Å²) in [6, 6.07) is 9.62. The number of hydrogen-bond acceptors (Lipinski definition) is 7. The van der Waals surface area contributed by atoms with Gasteiger partial charge in [-0.1, -0.05) is 11.6 Å². The second-order valence-corrected chi connectivity index (χ2v) is 12.6. The molecular weight excluding hydrogens is 466 g/mol. The van der Waals surface area contributed by atoms with Crippen molar-refractivity contribution in [3.05, 3.63) is 47.6 Å².